The molecule has 6 heteroatoms. The van der Waals surface area contributed by atoms with Gasteiger partial charge in [0.1, 0.15) is 5.82 Å². The first-order valence-corrected chi connectivity index (χ1v) is 8.23. The molecular weight excluding hydrogens is 352 g/mol. The van der Waals surface area contributed by atoms with Gasteiger partial charge in [-0.25, -0.2) is 4.98 Å². The molecule has 0 aliphatic carbocycles. The van der Waals surface area contributed by atoms with Crippen molar-refractivity contribution in [3.05, 3.63) is 51.5 Å². The zero-order valence-corrected chi connectivity index (χ0v) is 14.0. The number of halogens is 2. The maximum Gasteiger partial charge on any atom is 0.122 e. The molecule has 0 radical (unpaired) electrons. The summed E-state index contributed by atoms with van der Waals surface area (Å²) in [6.45, 7) is 3.90. The molecule has 1 aliphatic rings. The van der Waals surface area contributed by atoms with Crippen LogP contribution < -0.4 is 5.73 Å². The Morgan fingerprint density at radius 1 is 1.38 bits per heavy atom. The van der Waals surface area contributed by atoms with Gasteiger partial charge in [0.15, 0.2) is 0 Å². The van der Waals surface area contributed by atoms with Crippen LogP contribution in [0.2, 0.25) is 5.02 Å². The SMILES string of the molecule is NC(CCN1CCn2ccnc2C1)c1ccc(Br)cc1Cl. The van der Waals surface area contributed by atoms with Gasteiger partial charge in [0, 0.05) is 47.6 Å². The van der Waals surface area contributed by atoms with Crippen molar-refractivity contribution >= 4 is 27.5 Å². The molecule has 1 aromatic carbocycles. The first-order valence-electron chi connectivity index (χ1n) is 7.06. The minimum atomic E-state index is -0.0349. The van der Waals surface area contributed by atoms with Crippen LogP contribution in [-0.4, -0.2) is 27.5 Å². The highest BCUT2D eigenvalue weighted by atomic mass is 79.9. The number of benzene rings is 1. The summed E-state index contributed by atoms with van der Waals surface area (Å²) in [5, 5.41) is 0.728. The van der Waals surface area contributed by atoms with Crippen LogP contribution in [-0.2, 0) is 13.1 Å². The third kappa shape index (κ3) is 3.48. The molecule has 1 aliphatic heterocycles. The van der Waals surface area contributed by atoms with E-state index in [-0.39, 0.29) is 6.04 Å². The normalized spacial score (nSPS) is 16.7. The fraction of sp³-hybridized carbons (Fsp3) is 0.400. The van der Waals surface area contributed by atoms with Gasteiger partial charge in [-0.3, -0.25) is 4.90 Å². The third-order valence-corrected chi connectivity index (χ3v) is 4.76. The molecule has 0 spiro atoms. The molecule has 2 heterocycles. The van der Waals surface area contributed by atoms with Crippen molar-refractivity contribution in [3.8, 4) is 0 Å². The van der Waals surface area contributed by atoms with Crippen molar-refractivity contribution in [2.24, 2.45) is 5.73 Å². The molecule has 0 saturated heterocycles. The van der Waals surface area contributed by atoms with Gasteiger partial charge in [0.25, 0.3) is 0 Å². The molecule has 2 N–H and O–H groups in total. The van der Waals surface area contributed by atoms with Crippen LogP contribution in [0.5, 0.6) is 0 Å². The summed E-state index contributed by atoms with van der Waals surface area (Å²) < 4.78 is 3.19. The van der Waals surface area contributed by atoms with Gasteiger partial charge in [-0.15, -0.1) is 0 Å². The molecule has 0 saturated carbocycles. The van der Waals surface area contributed by atoms with Gasteiger partial charge in [-0.1, -0.05) is 33.6 Å². The van der Waals surface area contributed by atoms with Crippen molar-refractivity contribution in [2.45, 2.75) is 25.6 Å². The molecule has 3 rings (SSSR count). The first-order chi connectivity index (χ1) is 10.1. The van der Waals surface area contributed by atoms with E-state index in [0.29, 0.717) is 0 Å². The van der Waals surface area contributed by atoms with Crippen LogP contribution >= 0.6 is 27.5 Å². The monoisotopic (exact) mass is 368 g/mol. The molecule has 0 amide bonds. The zero-order chi connectivity index (χ0) is 14.8. The first kappa shape index (κ1) is 15.0. The van der Waals surface area contributed by atoms with Gasteiger partial charge in [-0.05, 0) is 24.1 Å². The van der Waals surface area contributed by atoms with E-state index in [0.717, 1.165) is 53.5 Å². The Kier molecular flexibility index (Phi) is 4.64. The largest absolute Gasteiger partial charge is 0.333 e. The van der Waals surface area contributed by atoms with Crippen molar-refractivity contribution in [2.75, 3.05) is 13.1 Å². The molecule has 2 aromatic rings. The van der Waals surface area contributed by atoms with E-state index in [1.807, 2.05) is 30.6 Å². The Hall–Kier alpha value is -0.880. The molecule has 21 heavy (non-hydrogen) atoms. The topological polar surface area (TPSA) is 47.1 Å². The molecule has 4 nitrogen and oxygen atoms in total. The average molecular weight is 370 g/mol. The van der Waals surface area contributed by atoms with Crippen molar-refractivity contribution < 1.29 is 0 Å². The molecule has 1 unspecified atom stereocenters. The van der Waals surface area contributed by atoms with Crippen LogP contribution in [0.15, 0.2) is 35.1 Å². The predicted octanol–water partition coefficient (Wildman–Crippen LogP) is 3.20. The van der Waals surface area contributed by atoms with E-state index in [2.05, 4.69) is 30.4 Å². The Morgan fingerprint density at radius 2 is 2.24 bits per heavy atom. The Bertz CT molecular complexity index is 628. The van der Waals surface area contributed by atoms with E-state index in [9.17, 15) is 0 Å². The summed E-state index contributed by atoms with van der Waals surface area (Å²) >= 11 is 9.68. The van der Waals surface area contributed by atoms with Crippen molar-refractivity contribution in [3.63, 3.8) is 0 Å². The Balaban J connectivity index is 1.58. The Labute approximate surface area is 138 Å². The van der Waals surface area contributed by atoms with Gasteiger partial charge < -0.3 is 10.3 Å². The van der Waals surface area contributed by atoms with Crippen LogP contribution in [0.3, 0.4) is 0 Å². The second kappa shape index (κ2) is 6.48. The quantitative estimate of drug-likeness (QED) is 0.900. The van der Waals surface area contributed by atoms with Crippen LogP contribution in [0.25, 0.3) is 0 Å². The lowest BCUT2D eigenvalue weighted by atomic mass is 10.0. The van der Waals surface area contributed by atoms with E-state index in [1.54, 1.807) is 0 Å². The lowest BCUT2D eigenvalue weighted by Gasteiger charge is -2.28. The van der Waals surface area contributed by atoms with Crippen LogP contribution in [0, 0.1) is 0 Å². The third-order valence-electron chi connectivity index (χ3n) is 3.94. The van der Waals surface area contributed by atoms with Crippen LogP contribution in [0.1, 0.15) is 23.9 Å². The van der Waals surface area contributed by atoms with E-state index in [4.69, 9.17) is 17.3 Å². The minimum Gasteiger partial charge on any atom is -0.333 e. The average Bonchev–Trinajstić information content (AvgIpc) is 2.92. The van der Waals surface area contributed by atoms with E-state index >= 15 is 0 Å². The van der Waals surface area contributed by atoms with Gasteiger partial charge in [-0.2, -0.15) is 0 Å². The number of hydrogen-bond acceptors (Lipinski definition) is 3. The molecule has 0 fully saturated rings. The summed E-state index contributed by atoms with van der Waals surface area (Å²) in [6, 6.07) is 5.85. The minimum absolute atomic E-state index is 0.0349. The van der Waals surface area contributed by atoms with Gasteiger partial charge in [0.05, 0.1) is 6.54 Å². The lowest BCUT2D eigenvalue weighted by molar-refractivity contribution is 0.210. The maximum atomic E-state index is 6.29. The lowest BCUT2D eigenvalue weighted by Crippen LogP contribution is -2.35. The highest BCUT2D eigenvalue weighted by Gasteiger charge is 2.18. The van der Waals surface area contributed by atoms with Crippen molar-refractivity contribution in [1.82, 2.24) is 14.5 Å². The summed E-state index contributed by atoms with van der Waals surface area (Å²) in [6.07, 6.45) is 4.80. The van der Waals surface area contributed by atoms with Crippen molar-refractivity contribution in [1.29, 1.82) is 0 Å². The number of fused-ring (bicyclic) bond motifs is 1. The summed E-state index contributed by atoms with van der Waals surface area (Å²) in [5.41, 5.74) is 7.30. The number of nitrogens with two attached hydrogens (primary N) is 1. The summed E-state index contributed by atoms with van der Waals surface area (Å²) in [4.78, 5) is 6.78. The molecule has 0 bridgehead atoms. The zero-order valence-electron chi connectivity index (χ0n) is 11.7. The second-order valence-corrected chi connectivity index (χ2v) is 6.70. The number of rotatable bonds is 4. The van der Waals surface area contributed by atoms with Crippen LogP contribution in [0.4, 0.5) is 0 Å². The fourth-order valence-electron chi connectivity index (χ4n) is 2.69. The summed E-state index contributed by atoms with van der Waals surface area (Å²) in [7, 11) is 0. The van der Waals surface area contributed by atoms with E-state index in [1.165, 1.54) is 0 Å². The predicted molar refractivity (Wildman–Crippen MR) is 88.2 cm³/mol. The maximum absolute atomic E-state index is 6.29. The number of imidazole rings is 1. The molecule has 1 aromatic heterocycles. The van der Waals surface area contributed by atoms with Gasteiger partial charge >= 0.3 is 0 Å². The highest BCUT2D eigenvalue weighted by molar-refractivity contribution is 9.10. The molecular formula is C15H18BrClN4. The smallest absolute Gasteiger partial charge is 0.122 e. The molecule has 112 valence electrons. The number of aromatic nitrogens is 2. The number of hydrogen-bond donors (Lipinski definition) is 1. The second-order valence-electron chi connectivity index (χ2n) is 5.37. The number of nitrogens with zero attached hydrogens (tertiary/aromatic N) is 3. The fourth-order valence-corrected chi connectivity index (χ4v) is 3.51. The van der Waals surface area contributed by atoms with E-state index < -0.39 is 0 Å². The molecule has 1 atom stereocenters. The Morgan fingerprint density at radius 3 is 3.05 bits per heavy atom. The van der Waals surface area contributed by atoms with Gasteiger partial charge in [0.2, 0.25) is 0 Å². The highest BCUT2D eigenvalue weighted by Crippen LogP contribution is 2.27. The summed E-state index contributed by atoms with van der Waals surface area (Å²) in [5.74, 6) is 1.14. The standard InChI is InChI=1S/C15H18BrClN4/c16-11-1-2-12(13(17)9-11)14(18)3-5-20-7-8-21-6-4-19-15(21)10-20/h1-2,4,6,9,14H,3,5,7-8,10,18H2.